The second kappa shape index (κ2) is 7.31. The minimum atomic E-state index is -0.152. The third-order valence-electron chi connectivity index (χ3n) is 3.86. The maximum absolute atomic E-state index is 11.8. The summed E-state index contributed by atoms with van der Waals surface area (Å²) in [5.41, 5.74) is 0. The second-order valence-corrected chi connectivity index (χ2v) is 5.80. The summed E-state index contributed by atoms with van der Waals surface area (Å²) in [5.74, 6) is 0.746. The fourth-order valence-electron chi connectivity index (χ4n) is 2.53. The molecule has 116 valence electrons. The van der Waals surface area contributed by atoms with Gasteiger partial charge in [-0.05, 0) is 44.9 Å². The zero-order valence-electron chi connectivity index (χ0n) is 12.7. The number of phenolic OH excluding ortho intramolecular Hbond substituents is 1. The average molecular weight is 292 g/mol. The molecule has 1 aliphatic rings. The van der Waals surface area contributed by atoms with Crippen molar-refractivity contribution in [3.05, 3.63) is 24.3 Å². The third kappa shape index (κ3) is 4.63. The highest BCUT2D eigenvalue weighted by Crippen LogP contribution is 2.24. The van der Waals surface area contributed by atoms with E-state index in [0.29, 0.717) is 24.3 Å². The van der Waals surface area contributed by atoms with Crippen LogP contribution in [-0.4, -0.2) is 48.2 Å². The highest BCUT2D eigenvalue weighted by Gasteiger charge is 2.24. The van der Waals surface area contributed by atoms with E-state index in [1.807, 2.05) is 0 Å². The smallest absolute Gasteiger partial charge is 0.257 e. The van der Waals surface area contributed by atoms with Crippen molar-refractivity contribution >= 4 is 5.91 Å². The zero-order chi connectivity index (χ0) is 15.2. The van der Waals surface area contributed by atoms with Crippen LogP contribution in [0.2, 0.25) is 0 Å². The molecule has 1 saturated heterocycles. The molecule has 0 aliphatic carbocycles. The van der Waals surface area contributed by atoms with E-state index in [1.54, 1.807) is 18.2 Å². The Morgan fingerprint density at radius 2 is 2.24 bits per heavy atom. The van der Waals surface area contributed by atoms with Gasteiger partial charge in [0.1, 0.15) is 0 Å². The van der Waals surface area contributed by atoms with Crippen LogP contribution in [0.1, 0.15) is 20.3 Å². The van der Waals surface area contributed by atoms with Crippen LogP contribution in [-0.2, 0) is 4.79 Å². The lowest BCUT2D eigenvalue weighted by molar-refractivity contribution is -0.123. The first-order chi connectivity index (χ1) is 10.1. The number of hydrogen-bond acceptors (Lipinski definition) is 4. The largest absolute Gasteiger partial charge is 0.504 e. The van der Waals surface area contributed by atoms with Gasteiger partial charge in [-0.2, -0.15) is 0 Å². The van der Waals surface area contributed by atoms with Gasteiger partial charge in [0.15, 0.2) is 18.1 Å². The van der Waals surface area contributed by atoms with Crippen molar-refractivity contribution in [3.8, 4) is 11.5 Å². The number of carbonyl (C=O) groups is 1. The first-order valence-corrected chi connectivity index (χ1v) is 7.48. The number of hydrogen-bond donors (Lipinski definition) is 2. The summed E-state index contributed by atoms with van der Waals surface area (Å²) in [6.07, 6.45) is 1.12. The van der Waals surface area contributed by atoms with Gasteiger partial charge in [-0.3, -0.25) is 4.79 Å². The van der Waals surface area contributed by atoms with E-state index in [0.717, 1.165) is 19.5 Å². The van der Waals surface area contributed by atoms with Crippen LogP contribution >= 0.6 is 0 Å². The highest BCUT2D eigenvalue weighted by molar-refractivity contribution is 5.77. The van der Waals surface area contributed by atoms with Gasteiger partial charge in [0.05, 0.1) is 0 Å². The van der Waals surface area contributed by atoms with Gasteiger partial charge >= 0.3 is 0 Å². The minimum Gasteiger partial charge on any atom is -0.504 e. The number of benzene rings is 1. The molecule has 0 radical (unpaired) electrons. The van der Waals surface area contributed by atoms with Crippen molar-refractivity contribution in [2.45, 2.75) is 26.3 Å². The fraction of sp³-hybridized carbons (Fsp3) is 0.562. The fourth-order valence-corrected chi connectivity index (χ4v) is 2.53. The molecule has 0 spiro atoms. The summed E-state index contributed by atoms with van der Waals surface area (Å²) in [5, 5.41) is 12.4. The molecule has 0 bridgehead atoms. The summed E-state index contributed by atoms with van der Waals surface area (Å²) < 4.78 is 5.30. The minimum absolute atomic E-state index is 0.0497. The van der Waals surface area contributed by atoms with Crippen molar-refractivity contribution < 1.29 is 14.6 Å². The number of amides is 1. The average Bonchev–Trinajstić information content (AvgIpc) is 2.93. The van der Waals surface area contributed by atoms with Crippen LogP contribution in [0, 0.1) is 5.92 Å². The third-order valence-corrected chi connectivity index (χ3v) is 3.86. The van der Waals surface area contributed by atoms with E-state index in [2.05, 4.69) is 24.1 Å². The molecule has 2 rings (SSSR count). The summed E-state index contributed by atoms with van der Waals surface area (Å²) in [7, 11) is 0. The number of likely N-dealkylation sites (tertiary alicyclic amines) is 1. The quantitative estimate of drug-likeness (QED) is 0.836. The van der Waals surface area contributed by atoms with Gasteiger partial charge in [0, 0.05) is 19.1 Å². The van der Waals surface area contributed by atoms with Crippen molar-refractivity contribution in [2.75, 3.05) is 26.2 Å². The molecular formula is C16H24N2O3. The van der Waals surface area contributed by atoms with E-state index < -0.39 is 0 Å². The Kier molecular flexibility index (Phi) is 5.44. The van der Waals surface area contributed by atoms with Gasteiger partial charge in [0.25, 0.3) is 5.91 Å². The van der Waals surface area contributed by atoms with Crippen molar-refractivity contribution in [3.63, 3.8) is 0 Å². The first-order valence-electron chi connectivity index (χ1n) is 7.48. The Morgan fingerprint density at radius 3 is 2.90 bits per heavy atom. The first kappa shape index (κ1) is 15.6. The normalized spacial score (nSPS) is 18.9. The van der Waals surface area contributed by atoms with Crippen LogP contribution in [0.5, 0.6) is 11.5 Å². The van der Waals surface area contributed by atoms with Crippen molar-refractivity contribution in [2.24, 2.45) is 5.92 Å². The number of rotatable bonds is 6. The molecule has 1 aliphatic heterocycles. The van der Waals surface area contributed by atoms with Gasteiger partial charge < -0.3 is 20.1 Å². The molecule has 1 atom stereocenters. The van der Waals surface area contributed by atoms with Gasteiger partial charge in [0.2, 0.25) is 0 Å². The summed E-state index contributed by atoms with van der Waals surface area (Å²) in [4.78, 5) is 14.2. The van der Waals surface area contributed by atoms with Crippen molar-refractivity contribution in [1.29, 1.82) is 0 Å². The monoisotopic (exact) mass is 292 g/mol. The lowest BCUT2D eigenvalue weighted by atomic mass is 10.1. The predicted octanol–water partition coefficient (Wildman–Crippen LogP) is 1.62. The van der Waals surface area contributed by atoms with Crippen LogP contribution in [0.25, 0.3) is 0 Å². The van der Waals surface area contributed by atoms with Gasteiger partial charge in [-0.25, -0.2) is 0 Å². The van der Waals surface area contributed by atoms with E-state index in [-0.39, 0.29) is 18.3 Å². The van der Waals surface area contributed by atoms with Gasteiger partial charge in [-0.1, -0.05) is 12.1 Å². The molecule has 5 nitrogen and oxygen atoms in total. The second-order valence-electron chi connectivity index (χ2n) is 5.80. The Balaban J connectivity index is 1.68. The molecule has 1 amide bonds. The number of phenols is 1. The maximum Gasteiger partial charge on any atom is 0.257 e. The Labute approximate surface area is 125 Å². The lowest BCUT2D eigenvalue weighted by Crippen LogP contribution is -2.35. The zero-order valence-corrected chi connectivity index (χ0v) is 12.7. The molecule has 1 aromatic carbocycles. The summed E-state index contributed by atoms with van der Waals surface area (Å²) in [6, 6.07) is 7.20. The van der Waals surface area contributed by atoms with Crippen LogP contribution in [0.4, 0.5) is 0 Å². The number of nitrogens with one attached hydrogen (secondary N) is 1. The molecule has 0 saturated carbocycles. The summed E-state index contributed by atoms with van der Waals surface area (Å²) >= 11 is 0. The standard InChI is InChI=1S/C16H24N2O3/c1-12(2)18-8-7-13(10-18)9-17-16(20)11-21-15-6-4-3-5-14(15)19/h3-6,12-13,19H,7-11H2,1-2H3,(H,17,20)/t13-/m1/s1. The van der Waals surface area contributed by atoms with E-state index >= 15 is 0 Å². The number of para-hydroxylation sites is 2. The van der Waals surface area contributed by atoms with Crippen molar-refractivity contribution in [1.82, 2.24) is 10.2 Å². The molecule has 21 heavy (non-hydrogen) atoms. The van der Waals surface area contributed by atoms with Gasteiger partial charge in [-0.15, -0.1) is 0 Å². The van der Waals surface area contributed by atoms with E-state index in [4.69, 9.17) is 4.74 Å². The van der Waals surface area contributed by atoms with Crippen LogP contribution in [0.15, 0.2) is 24.3 Å². The molecule has 1 heterocycles. The number of aromatic hydroxyl groups is 1. The Hall–Kier alpha value is -1.75. The van der Waals surface area contributed by atoms with Crippen LogP contribution < -0.4 is 10.1 Å². The molecule has 0 aromatic heterocycles. The lowest BCUT2D eigenvalue weighted by Gasteiger charge is -2.20. The van der Waals surface area contributed by atoms with E-state index in [9.17, 15) is 9.90 Å². The number of ether oxygens (including phenoxy) is 1. The summed E-state index contributed by atoms with van der Waals surface area (Å²) in [6.45, 7) is 7.15. The maximum atomic E-state index is 11.8. The molecular weight excluding hydrogens is 268 g/mol. The predicted molar refractivity (Wildman–Crippen MR) is 81.4 cm³/mol. The number of nitrogens with zero attached hydrogens (tertiary/aromatic N) is 1. The van der Waals surface area contributed by atoms with E-state index in [1.165, 1.54) is 6.07 Å². The topological polar surface area (TPSA) is 61.8 Å². The molecule has 1 fully saturated rings. The molecule has 0 unspecified atom stereocenters. The molecule has 5 heteroatoms. The Morgan fingerprint density at radius 1 is 1.48 bits per heavy atom. The molecule has 1 aromatic rings. The van der Waals surface area contributed by atoms with Crippen LogP contribution in [0.3, 0.4) is 0 Å². The SMILES string of the molecule is CC(C)N1CC[C@H](CNC(=O)COc2ccccc2O)C1. The molecule has 2 N–H and O–H groups in total. The number of carbonyl (C=O) groups excluding carboxylic acids is 1. The highest BCUT2D eigenvalue weighted by atomic mass is 16.5. The Bertz CT molecular complexity index is 476.